The van der Waals surface area contributed by atoms with E-state index in [4.69, 9.17) is 4.99 Å². The normalized spacial score (nSPS) is 23.0. The fourth-order valence-corrected chi connectivity index (χ4v) is 6.49. The van der Waals surface area contributed by atoms with E-state index in [1.54, 1.807) is 0 Å². The average Bonchev–Trinajstić information content (AvgIpc) is 2.98. The monoisotopic (exact) mass is 541 g/mol. The van der Waals surface area contributed by atoms with Crippen LogP contribution in [0, 0.1) is 17.8 Å². The smallest absolute Gasteiger partial charge is 0.226 e. The maximum atomic E-state index is 13.4. The third kappa shape index (κ3) is 7.86. The highest BCUT2D eigenvalue weighted by Gasteiger charge is 2.32. The van der Waals surface area contributed by atoms with Gasteiger partial charge >= 0.3 is 0 Å². The molecule has 4 heteroatoms. The highest BCUT2D eigenvalue weighted by atomic mass is 16.2. The van der Waals surface area contributed by atoms with Crippen LogP contribution in [0.3, 0.4) is 0 Å². The summed E-state index contributed by atoms with van der Waals surface area (Å²) in [5.74, 6) is 3.07. The third-order valence-corrected chi connectivity index (χ3v) is 9.14. The fourth-order valence-electron chi connectivity index (χ4n) is 6.49. The van der Waals surface area contributed by atoms with Crippen molar-refractivity contribution >= 4 is 11.7 Å². The molecule has 4 rings (SSSR count). The first-order chi connectivity index (χ1) is 19.4. The molecule has 1 aromatic carbocycles. The predicted molar refractivity (Wildman–Crippen MR) is 169 cm³/mol. The molecule has 0 spiro atoms. The molecule has 2 unspecified atom stereocenters. The van der Waals surface area contributed by atoms with Crippen LogP contribution in [0.15, 0.2) is 77.4 Å². The summed E-state index contributed by atoms with van der Waals surface area (Å²) in [7, 11) is 0. The van der Waals surface area contributed by atoms with Crippen molar-refractivity contribution in [2.75, 3.05) is 26.2 Å². The summed E-state index contributed by atoms with van der Waals surface area (Å²) in [6, 6.07) is 8.74. The molecule has 1 saturated heterocycles. The van der Waals surface area contributed by atoms with Gasteiger partial charge in [-0.15, -0.1) is 0 Å². The number of rotatable bonds is 9. The second kappa shape index (κ2) is 14.7. The Kier molecular flexibility index (Phi) is 11.0. The van der Waals surface area contributed by atoms with E-state index in [1.807, 2.05) is 6.08 Å². The number of nitrogens with zero attached hydrogens (tertiary/aromatic N) is 3. The molecule has 4 nitrogen and oxygen atoms in total. The molecule has 0 radical (unpaired) electrons. The maximum Gasteiger partial charge on any atom is 0.226 e. The van der Waals surface area contributed by atoms with Gasteiger partial charge in [-0.25, -0.2) is 0 Å². The Hall–Kier alpha value is -2.88. The van der Waals surface area contributed by atoms with Gasteiger partial charge in [0.25, 0.3) is 0 Å². The van der Waals surface area contributed by atoms with Crippen LogP contribution in [0.25, 0.3) is 0 Å². The SMILES string of the molecule is C=C/C(=C\C=C\CCC1CCN(C(C)=NCC(C)C)CC1)C1=CCC(C(=O)N2CCc3ccccc3C2C)CC1. The van der Waals surface area contributed by atoms with Gasteiger partial charge in [0.05, 0.1) is 11.9 Å². The highest BCUT2D eigenvalue weighted by Crippen LogP contribution is 2.35. The molecule has 1 amide bonds. The van der Waals surface area contributed by atoms with Crippen LogP contribution in [0.1, 0.15) is 89.8 Å². The van der Waals surface area contributed by atoms with Crippen LogP contribution in [-0.2, 0) is 11.2 Å². The Bertz CT molecular complexity index is 1130. The van der Waals surface area contributed by atoms with Crippen molar-refractivity contribution in [3.8, 4) is 0 Å². The highest BCUT2D eigenvalue weighted by molar-refractivity contribution is 5.80. The molecule has 216 valence electrons. The lowest BCUT2D eigenvalue weighted by atomic mass is 9.84. The minimum absolute atomic E-state index is 0.0924. The molecule has 0 bridgehead atoms. The Labute approximate surface area is 243 Å². The summed E-state index contributed by atoms with van der Waals surface area (Å²) < 4.78 is 0. The number of carbonyl (C=O) groups excluding carboxylic acids is 1. The van der Waals surface area contributed by atoms with Crippen molar-refractivity contribution in [1.29, 1.82) is 0 Å². The Balaban J connectivity index is 1.22. The van der Waals surface area contributed by atoms with Crippen LogP contribution in [-0.4, -0.2) is 47.7 Å². The number of amidine groups is 1. The van der Waals surface area contributed by atoms with Crippen molar-refractivity contribution in [3.05, 3.63) is 83.5 Å². The van der Waals surface area contributed by atoms with Gasteiger partial charge < -0.3 is 9.80 Å². The number of hydrogen-bond donors (Lipinski definition) is 0. The van der Waals surface area contributed by atoms with Crippen molar-refractivity contribution in [2.24, 2.45) is 22.7 Å². The number of fused-ring (bicyclic) bond motifs is 1. The summed E-state index contributed by atoms with van der Waals surface area (Å²) in [5.41, 5.74) is 5.24. The molecule has 3 aliphatic rings. The van der Waals surface area contributed by atoms with Crippen LogP contribution in [0.2, 0.25) is 0 Å². The van der Waals surface area contributed by atoms with Crippen LogP contribution >= 0.6 is 0 Å². The molecule has 0 saturated carbocycles. The lowest BCUT2D eigenvalue weighted by Crippen LogP contribution is -2.42. The molecule has 0 N–H and O–H groups in total. The molecule has 2 atom stereocenters. The molecule has 1 aromatic rings. The Morgan fingerprint density at radius 3 is 2.60 bits per heavy atom. The van der Waals surface area contributed by atoms with Gasteiger partial charge in [0.1, 0.15) is 0 Å². The summed E-state index contributed by atoms with van der Waals surface area (Å²) >= 11 is 0. The van der Waals surface area contributed by atoms with E-state index in [0.717, 1.165) is 64.2 Å². The number of amides is 1. The summed E-state index contributed by atoms with van der Waals surface area (Å²) in [6.07, 6.45) is 19.6. The van der Waals surface area contributed by atoms with E-state index in [9.17, 15) is 4.79 Å². The molecule has 2 heterocycles. The van der Waals surface area contributed by atoms with E-state index in [-0.39, 0.29) is 12.0 Å². The van der Waals surface area contributed by atoms with Gasteiger partial charge in [-0.1, -0.05) is 75.1 Å². The van der Waals surface area contributed by atoms with Gasteiger partial charge in [-0.2, -0.15) is 0 Å². The molecular formula is C36H51N3O. The number of aliphatic imine (C=N–C) groups is 1. The molecular weight excluding hydrogens is 490 g/mol. The summed E-state index contributed by atoms with van der Waals surface area (Å²) in [6.45, 7) is 16.9. The fraction of sp³-hybridized carbons (Fsp3) is 0.556. The number of allylic oxidation sites excluding steroid dienone is 7. The molecule has 1 fully saturated rings. The number of piperidine rings is 1. The quantitative estimate of drug-likeness (QED) is 0.180. The molecule has 40 heavy (non-hydrogen) atoms. The lowest BCUT2D eigenvalue weighted by Gasteiger charge is -2.38. The second-order valence-electron chi connectivity index (χ2n) is 12.4. The largest absolute Gasteiger partial charge is 0.361 e. The van der Waals surface area contributed by atoms with Crippen molar-refractivity contribution in [3.63, 3.8) is 0 Å². The van der Waals surface area contributed by atoms with E-state index >= 15 is 0 Å². The van der Waals surface area contributed by atoms with Crippen molar-refractivity contribution < 1.29 is 4.79 Å². The zero-order valence-electron chi connectivity index (χ0n) is 25.4. The lowest BCUT2D eigenvalue weighted by molar-refractivity contribution is -0.138. The topological polar surface area (TPSA) is 35.9 Å². The number of hydrogen-bond acceptors (Lipinski definition) is 2. The Morgan fingerprint density at radius 2 is 1.90 bits per heavy atom. The minimum atomic E-state index is 0.0924. The van der Waals surface area contributed by atoms with Gasteiger partial charge in [0.2, 0.25) is 5.91 Å². The van der Waals surface area contributed by atoms with Crippen LogP contribution in [0.5, 0.6) is 0 Å². The first-order valence-electron chi connectivity index (χ1n) is 15.7. The van der Waals surface area contributed by atoms with Gasteiger partial charge in [0, 0.05) is 32.1 Å². The average molecular weight is 542 g/mol. The van der Waals surface area contributed by atoms with E-state index in [2.05, 4.69) is 92.6 Å². The first-order valence-corrected chi connectivity index (χ1v) is 15.7. The summed E-state index contributed by atoms with van der Waals surface area (Å²) in [4.78, 5) is 22.8. The van der Waals surface area contributed by atoms with Gasteiger partial charge in [-0.05, 0) is 99.3 Å². The third-order valence-electron chi connectivity index (χ3n) is 9.14. The Morgan fingerprint density at radius 1 is 1.12 bits per heavy atom. The number of likely N-dealkylation sites (tertiary alicyclic amines) is 1. The van der Waals surface area contributed by atoms with Gasteiger partial charge in [0.15, 0.2) is 0 Å². The molecule has 1 aliphatic carbocycles. The van der Waals surface area contributed by atoms with E-state index in [1.165, 1.54) is 47.4 Å². The zero-order chi connectivity index (χ0) is 28.5. The van der Waals surface area contributed by atoms with Crippen LogP contribution < -0.4 is 0 Å². The number of benzene rings is 1. The first kappa shape index (κ1) is 30.1. The molecule has 0 aromatic heterocycles. The standard InChI is InChI=1S/C36H51N3O/c1-6-31(13-9-7-8-12-30-20-23-38(24-21-30)29(5)37-26-27(2)3)32-16-18-34(19-17-32)36(40)39-25-22-33-14-10-11-15-35(33)28(39)4/h6-7,9-11,13-16,27-28,30,34H,1,8,12,17-26H2,2-5H3/b9-7+,31-13+,37-29?. The van der Waals surface area contributed by atoms with E-state index in [0.29, 0.717) is 11.8 Å². The van der Waals surface area contributed by atoms with Crippen molar-refractivity contribution in [2.45, 2.75) is 85.1 Å². The van der Waals surface area contributed by atoms with Gasteiger partial charge in [-0.3, -0.25) is 9.79 Å². The van der Waals surface area contributed by atoms with Crippen molar-refractivity contribution in [1.82, 2.24) is 9.80 Å². The predicted octanol–water partition coefficient (Wildman–Crippen LogP) is 8.09. The minimum Gasteiger partial charge on any atom is -0.361 e. The van der Waals surface area contributed by atoms with Crippen LogP contribution in [0.4, 0.5) is 0 Å². The maximum absolute atomic E-state index is 13.4. The number of carbonyl (C=O) groups is 1. The molecule has 2 aliphatic heterocycles. The second-order valence-corrected chi connectivity index (χ2v) is 12.4. The summed E-state index contributed by atoms with van der Waals surface area (Å²) in [5, 5.41) is 0. The van der Waals surface area contributed by atoms with E-state index < -0.39 is 0 Å². The zero-order valence-corrected chi connectivity index (χ0v) is 25.4.